The normalized spacial score (nSPS) is 13.6. The number of aromatic amines is 1. The van der Waals surface area contributed by atoms with E-state index in [1.54, 1.807) is 18.9 Å². The molecule has 0 aliphatic rings. The van der Waals surface area contributed by atoms with Gasteiger partial charge in [0.2, 0.25) is 0 Å². The first-order chi connectivity index (χ1) is 9.66. The fourth-order valence-corrected chi connectivity index (χ4v) is 2.91. The number of H-pyrrole nitrogens is 1. The molecule has 0 spiro atoms. The van der Waals surface area contributed by atoms with Crippen molar-refractivity contribution in [3.63, 3.8) is 0 Å². The van der Waals surface area contributed by atoms with Crippen LogP contribution in [0.15, 0.2) is 28.5 Å². The maximum Gasteiger partial charge on any atom is 0.166 e. The van der Waals surface area contributed by atoms with Crippen LogP contribution in [0.3, 0.4) is 0 Å². The summed E-state index contributed by atoms with van der Waals surface area (Å²) in [5.41, 5.74) is 7.39. The highest BCUT2D eigenvalue weighted by molar-refractivity contribution is 7.99. The number of ether oxygens (including phenoxy) is 1. The Bertz CT molecular complexity index is 611. The van der Waals surface area contributed by atoms with E-state index in [0.717, 1.165) is 28.4 Å². The van der Waals surface area contributed by atoms with Gasteiger partial charge in [0.05, 0.1) is 18.1 Å². The lowest BCUT2D eigenvalue weighted by Crippen LogP contribution is -2.18. The van der Waals surface area contributed by atoms with Crippen LogP contribution in [0.2, 0.25) is 0 Å². The molecule has 0 saturated carbocycles. The number of nitrogens with one attached hydrogen (secondary N) is 1. The molecular weight excluding hydrogens is 276 g/mol. The Morgan fingerprint density at radius 3 is 3.05 bits per heavy atom. The number of thioether (sulfide) groups is 1. The van der Waals surface area contributed by atoms with Gasteiger partial charge in [0.15, 0.2) is 5.16 Å². The highest BCUT2D eigenvalue weighted by Gasteiger charge is 2.14. The number of benzene rings is 1. The average Bonchev–Trinajstić information content (AvgIpc) is 2.87. The van der Waals surface area contributed by atoms with Gasteiger partial charge in [-0.05, 0) is 18.6 Å². The number of fused-ring (bicyclic) bond motifs is 1. The maximum absolute atomic E-state index is 8.63. The molecule has 108 valence electrons. The van der Waals surface area contributed by atoms with Gasteiger partial charge >= 0.3 is 0 Å². The molecule has 1 aromatic carbocycles. The fourth-order valence-electron chi connectivity index (χ4n) is 1.85. The van der Waals surface area contributed by atoms with E-state index in [4.69, 9.17) is 15.7 Å². The smallest absolute Gasteiger partial charge is 0.166 e. The Morgan fingerprint density at radius 1 is 1.60 bits per heavy atom. The summed E-state index contributed by atoms with van der Waals surface area (Å²) in [6.45, 7) is 2.06. The lowest BCUT2D eigenvalue weighted by Gasteiger charge is -2.10. The van der Waals surface area contributed by atoms with Crippen molar-refractivity contribution in [3.05, 3.63) is 18.2 Å². The Kier molecular flexibility index (Phi) is 4.73. The van der Waals surface area contributed by atoms with Crippen LogP contribution in [0.1, 0.15) is 19.8 Å². The first-order valence-electron chi connectivity index (χ1n) is 6.33. The van der Waals surface area contributed by atoms with E-state index in [-0.39, 0.29) is 11.1 Å². The molecule has 1 heterocycles. The molecule has 0 fully saturated rings. The molecule has 6 nitrogen and oxygen atoms in total. The van der Waals surface area contributed by atoms with E-state index >= 15 is 0 Å². The molecule has 0 aliphatic heterocycles. The van der Waals surface area contributed by atoms with Crippen molar-refractivity contribution in [3.8, 4) is 5.75 Å². The van der Waals surface area contributed by atoms with Gasteiger partial charge in [-0.1, -0.05) is 23.8 Å². The molecule has 1 atom stereocenters. The van der Waals surface area contributed by atoms with E-state index in [1.165, 1.54) is 0 Å². The van der Waals surface area contributed by atoms with Crippen LogP contribution in [0, 0.1) is 0 Å². The van der Waals surface area contributed by atoms with E-state index < -0.39 is 0 Å². The number of nitrogens with two attached hydrogens (primary N) is 1. The molecule has 20 heavy (non-hydrogen) atoms. The molecule has 0 amide bonds. The highest BCUT2D eigenvalue weighted by atomic mass is 32.2. The molecule has 0 saturated heterocycles. The van der Waals surface area contributed by atoms with Gasteiger partial charge in [-0.3, -0.25) is 0 Å². The van der Waals surface area contributed by atoms with Gasteiger partial charge in [-0.15, -0.1) is 0 Å². The fraction of sp³-hybridized carbons (Fsp3) is 0.385. The monoisotopic (exact) mass is 294 g/mol. The van der Waals surface area contributed by atoms with Crippen molar-refractivity contribution in [2.75, 3.05) is 7.11 Å². The molecule has 4 N–H and O–H groups in total. The second-order valence-corrected chi connectivity index (χ2v) is 5.66. The topological polar surface area (TPSA) is 96.5 Å². The van der Waals surface area contributed by atoms with E-state index in [2.05, 4.69) is 22.0 Å². The van der Waals surface area contributed by atoms with E-state index in [0.29, 0.717) is 6.42 Å². The van der Waals surface area contributed by atoms with Crippen molar-refractivity contribution in [2.45, 2.75) is 30.2 Å². The molecule has 0 radical (unpaired) electrons. The molecule has 0 aliphatic carbocycles. The summed E-state index contributed by atoms with van der Waals surface area (Å²) in [6.07, 6.45) is 1.43. The van der Waals surface area contributed by atoms with E-state index in [1.807, 2.05) is 18.2 Å². The first-order valence-corrected chi connectivity index (χ1v) is 7.21. The number of hydrogen-bond donors (Lipinski definition) is 3. The summed E-state index contributed by atoms with van der Waals surface area (Å²) in [4.78, 5) is 7.77. The molecule has 1 aromatic heterocycles. The van der Waals surface area contributed by atoms with Crippen molar-refractivity contribution in [1.29, 1.82) is 0 Å². The minimum absolute atomic E-state index is 0.216. The highest BCUT2D eigenvalue weighted by Crippen LogP contribution is 2.28. The predicted octanol–water partition coefficient (Wildman–Crippen LogP) is 2.58. The first kappa shape index (κ1) is 14.5. The number of rotatable bonds is 6. The minimum atomic E-state index is 0.216. The number of aromatic nitrogens is 2. The zero-order valence-electron chi connectivity index (χ0n) is 11.5. The van der Waals surface area contributed by atoms with Gasteiger partial charge in [-0.25, -0.2) is 4.98 Å². The average molecular weight is 294 g/mol. The second-order valence-electron chi connectivity index (χ2n) is 4.37. The van der Waals surface area contributed by atoms with Crippen molar-refractivity contribution in [1.82, 2.24) is 9.97 Å². The van der Waals surface area contributed by atoms with E-state index in [9.17, 15) is 0 Å². The summed E-state index contributed by atoms with van der Waals surface area (Å²) in [5, 5.41) is 12.7. The summed E-state index contributed by atoms with van der Waals surface area (Å²) in [6, 6.07) is 5.71. The third kappa shape index (κ3) is 3.36. The molecular formula is C13H18N4O2S. The third-order valence-corrected chi connectivity index (χ3v) is 4.22. The standard InChI is InChI=1S/C13H18N4O2S/c1-3-9(7-12(14)17-18)20-13-15-10-5-4-8(19-2)6-11(10)16-13/h4-6,9,18H,3,7H2,1-2H3,(H2,14,17)(H,15,16). The summed E-state index contributed by atoms with van der Waals surface area (Å²) in [5.74, 6) is 1.03. The molecule has 1 unspecified atom stereocenters. The van der Waals surface area contributed by atoms with Crippen molar-refractivity contribution in [2.24, 2.45) is 10.9 Å². The predicted molar refractivity (Wildman–Crippen MR) is 80.6 cm³/mol. The second kappa shape index (κ2) is 6.51. The molecule has 7 heteroatoms. The quantitative estimate of drug-likeness (QED) is 0.250. The lowest BCUT2D eigenvalue weighted by atomic mass is 10.2. The van der Waals surface area contributed by atoms with Crippen LogP contribution in [-0.2, 0) is 0 Å². The number of oxime groups is 1. The van der Waals surface area contributed by atoms with Crippen LogP contribution in [-0.4, -0.2) is 33.4 Å². The number of imidazole rings is 1. The zero-order chi connectivity index (χ0) is 14.5. The summed E-state index contributed by atoms with van der Waals surface area (Å²) in [7, 11) is 1.64. The molecule has 2 rings (SSSR count). The van der Waals surface area contributed by atoms with Gasteiger partial charge in [0.25, 0.3) is 0 Å². The van der Waals surface area contributed by atoms with Crippen LogP contribution in [0.5, 0.6) is 5.75 Å². The summed E-state index contributed by atoms with van der Waals surface area (Å²) >= 11 is 1.59. The molecule has 0 bridgehead atoms. The van der Waals surface area contributed by atoms with Crippen LogP contribution >= 0.6 is 11.8 Å². The number of amidine groups is 1. The summed E-state index contributed by atoms with van der Waals surface area (Å²) < 4.78 is 5.19. The zero-order valence-corrected chi connectivity index (χ0v) is 12.3. The Hall–Kier alpha value is -1.89. The Balaban J connectivity index is 2.16. The Labute approximate surface area is 121 Å². The lowest BCUT2D eigenvalue weighted by molar-refractivity contribution is 0.316. The van der Waals surface area contributed by atoms with Gasteiger partial charge in [-0.2, -0.15) is 0 Å². The number of nitrogens with zero attached hydrogens (tertiary/aromatic N) is 2. The number of hydrogen-bond acceptors (Lipinski definition) is 5. The minimum Gasteiger partial charge on any atom is -0.497 e. The van der Waals surface area contributed by atoms with Crippen molar-refractivity contribution >= 4 is 28.6 Å². The van der Waals surface area contributed by atoms with Gasteiger partial charge in [0, 0.05) is 17.7 Å². The maximum atomic E-state index is 8.63. The number of methoxy groups -OCH3 is 1. The van der Waals surface area contributed by atoms with Crippen LogP contribution in [0.25, 0.3) is 11.0 Å². The molecule has 2 aromatic rings. The van der Waals surface area contributed by atoms with Crippen LogP contribution < -0.4 is 10.5 Å². The SMILES string of the molecule is CCC(C/C(N)=N/O)Sc1nc2ccc(OC)cc2[nH]1. The van der Waals surface area contributed by atoms with Gasteiger partial charge < -0.3 is 20.7 Å². The third-order valence-electron chi connectivity index (χ3n) is 2.97. The van der Waals surface area contributed by atoms with Crippen LogP contribution in [0.4, 0.5) is 0 Å². The van der Waals surface area contributed by atoms with Crippen molar-refractivity contribution < 1.29 is 9.94 Å². The van der Waals surface area contributed by atoms with Gasteiger partial charge in [0.1, 0.15) is 11.6 Å². The Morgan fingerprint density at radius 2 is 2.40 bits per heavy atom. The largest absolute Gasteiger partial charge is 0.497 e.